The van der Waals surface area contributed by atoms with E-state index < -0.39 is 9.84 Å². The number of nitrogens with one attached hydrogen (secondary N) is 2. The predicted octanol–water partition coefficient (Wildman–Crippen LogP) is 2.44. The van der Waals surface area contributed by atoms with E-state index in [0.717, 1.165) is 31.0 Å². The van der Waals surface area contributed by atoms with Crippen LogP contribution in [0.4, 0.5) is 5.69 Å². The van der Waals surface area contributed by atoms with Crippen molar-refractivity contribution in [2.24, 2.45) is 4.99 Å². The Labute approximate surface area is 174 Å². The van der Waals surface area contributed by atoms with Gasteiger partial charge in [0.1, 0.15) is 0 Å². The molecule has 1 saturated heterocycles. The number of nitrogens with zero attached hydrogens (tertiary/aromatic N) is 2. The fraction of sp³-hybridized carbons (Fsp3) is 0.409. The molecular weight excluding hydrogens is 384 g/mol. The minimum absolute atomic E-state index is 0.0954. The van der Waals surface area contributed by atoms with Crippen molar-refractivity contribution in [3.8, 4) is 0 Å². The molecule has 1 heterocycles. The van der Waals surface area contributed by atoms with Crippen molar-refractivity contribution >= 4 is 21.5 Å². The zero-order chi connectivity index (χ0) is 20.5. The van der Waals surface area contributed by atoms with Crippen LogP contribution in [0.15, 0.2) is 65.7 Å². The molecule has 0 amide bonds. The Kier molecular flexibility index (Phi) is 7.52. The summed E-state index contributed by atoms with van der Waals surface area (Å²) in [4.78, 5) is 6.64. The third kappa shape index (κ3) is 6.78. The standard InChI is InChI=1S/C22H30N4O2S/c1-23-22(25-20-13-15-26(17-20)21-11-6-3-7-12-21)24-14-8-16-29(27,28)18-19-9-4-2-5-10-19/h2-7,9-12,20H,8,13-18H2,1H3,(H2,23,24,25). The summed E-state index contributed by atoms with van der Waals surface area (Å²) < 4.78 is 24.6. The molecule has 0 radical (unpaired) electrons. The van der Waals surface area contributed by atoms with Crippen LogP contribution in [0.1, 0.15) is 18.4 Å². The summed E-state index contributed by atoms with van der Waals surface area (Å²) in [6.07, 6.45) is 1.59. The Morgan fingerprint density at radius 3 is 2.48 bits per heavy atom. The van der Waals surface area contributed by atoms with E-state index in [0.29, 0.717) is 19.0 Å². The van der Waals surface area contributed by atoms with Gasteiger partial charge in [-0.1, -0.05) is 48.5 Å². The molecule has 2 aromatic rings. The number of hydrogen-bond donors (Lipinski definition) is 2. The molecule has 1 aliphatic rings. The highest BCUT2D eigenvalue weighted by molar-refractivity contribution is 7.90. The van der Waals surface area contributed by atoms with Gasteiger partial charge in [0.05, 0.1) is 11.5 Å². The van der Waals surface area contributed by atoms with E-state index in [1.165, 1.54) is 5.69 Å². The Morgan fingerprint density at radius 1 is 1.10 bits per heavy atom. The predicted molar refractivity (Wildman–Crippen MR) is 120 cm³/mol. The number of para-hydroxylation sites is 1. The molecule has 156 valence electrons. The molecule has 0 aliphatic carbocycles. The molecule has 1 fully saturated rings. The van der Waals surface area contributed by atoms with Gasteiger partial charge in [-0.2, -0.15) is 0 Å². The van der Waals surface area contributed by atoms with Crippen molar-refractivity contribution in [2.75, 3.05) is 37.3 Å². The van der Waals surface area contributed by atoms with Crippen LogP contribution in [-0.4, -0.2) is 52.9 Å². The van der Waals surface area contributed by atoms with Gasteiger partial charge in [-0.05, 0) is 30.5 Å². The first kappa shape index (κ1) is 21.2. The molecule has 1 atom stereocenters. The third-order valence-corrected chi connectivity index (χ3v) is 6.71. The lowest BCUT2D eigenvalue weighted by molar-refractivity contribution is 0.591. The van der Waals surface area contributed by atoms with Crippen LogP contribution in [-0.2, 0) is 15.6 Å². The highest BCUT2D eigenvalue weighted by Gasteiger charge is 2.23. The first-order chi connectivity index (χ1) is 14.1. The van der Waals surface area contributed by atoms with E-state index in [1.807, 2.05) is 36.4 Å². The van der Waals surface area contributed by atoms with E-state index in [1.54, 1.807) is 7.05 Å². The highest BCUT2D eigenvalue weighted by atomic mass is 32.2. The topological polar surface area (TPSA) is 73.8 Å². The molecule has 3 rings (SSSR count). The van der Waals surface area contributed by atoms with Crippen molar-refractivity contribution in [2.45, 2.75) is 24.6 Å². The van der Waals surface area contributed by atoms with Gasteiger partial charge in [-0.15, -0.1) is 0 Å². The van der Waals surface area contributed by atoms with Gasteiger partial charge in [-0.25, -0.2) is 8.42 Å². The minimum Gasteiger partial charge on any atom is -0.369 e. The van der Waals surface area contributed by atoms with Crippen LogP contribution in [0.2, 0.25) is 0 Å². The Morgan fingerprint density at radius 2 is 1.79 bits per heavy atom. The molecule has 6 nitrogen and oxygen atoms in total. The van der Waals surface area contributed by atoms with E-state index in [-0.39, 0.29) is 11.5 Å². The second-order valence-corrected chi connectivity index (χ2v) is 9.53. The van der Waals surface area contributed by atoms with Crippen LogP contribution in [0.25, 0.3) is 0 Å². The number of aliphatic imine (C=N–C) groups is 1. The molecule has 7 heteroatoms. The molecule has 1 aliphatic heterocycles. The van der Waals surface area contributed by atoms with Gasteiger partial charge < -0.3 is 15.5 Å². The minimum atomic E-state index is -3.11. The maximum atomic E-state index is 12.3. The fourth-order valence-electron chi connectivity index (χ4n) is 3.54. The first-order valence-electron chi connectivity index (χ1n) is 10.1. The zero-order valence-electron chi connectivity index (χ0n) is 16.9. The van der Waals surface area contributed by atoms with Gasteiger partial charge in [0.2, 0.25) is 0 Å². The van der Waals surface area contributed by atoms with Crippen LogP contribution in [0, 0.1) is 0 Å². The zero-order valence-corrected chi connectivity index (χ0v) is 17.7. The average molecular weight is 415 g/mol. The van der Waals surface area contributed by atoms with Crippen molar-refractivity contribution in [3.05, 3.63) is 66.2 Å². The summed E-state index contributed by atoms with van der Waals surface area (Å²) in [5.74, 6) is 0.986. The second kappa shape index (κ2) is 10.3. The SMILES string of the molecule is CN=C(NCCCS(=O)(=O)Cc1ccccc1)NC1CCN(c2ccccc2)C1. The summed E-state index contributed by atoms with van der Waals surface area (Å²) in [7, 11) is -1.37. The van der Waals surface area contributed by atoms with Crippen molar-refractivity contribution in [3.63, 3.8) is 0 Å². The summed E-state index contributed by atoms with van der Waals surface area (Å²) in [6, 6.07) is 20.0. The Hall–Kier alpha value is -2.54. The van der Waals surface area contributed by atoms with Gasteiger partial charge in [0.15, 0.2) is 15.8 Å². The number of benzene rings is 2. The summed E-state index contributed by atoms with van der Waals surface area (Å²) >= 11 is 0. The first-order valence-corrected chi connectivity index (χ1v) is 11.9. The molecule has 0 saturated carbocycles. The number of rotatable bonds is 8. The lowest BCUT2D eigenvalue weighted by Crippen LogP contribution is -2.45. The van der Waals surface area contributed by atoms with Crippen LogP contribution in [0.5, 0.6) is 0 Å². The van der Waals surface area contributed by atoms with Crippen molar-refractivity contribution in [1.82, 2.24) is 10.6 Å². The van der Waals surface area contributed by atoms with E-state index in [9.17, 15) is 8.42 Å². The van der Waals surface area contributed by atoms with E-state index in [4.69, 9.17) is 0 Å². The molecule has 0 aromatic heterocycles. The molecule has 29 heavy (non-hydrogen) atoms. The normalized spacial score (nSPS) is 17.3. The summed E-state index contributed by atoms with van der Waals surface area (Å²) in [5, 5.41) is 6.69. The number of sulfone groups is 1. The summed E-state index contributed by atoms with van der Waals surface area (Å²) in [5.41, 5.74) is 2.07. The Balaban J connectivity index is 1.39. The largest absolute Gasteiger partial charge is 0.369 e. The van der Waals surface area contributed by atoms with Crippen LogP contribution >= 0.6 is 0 Å². The van der Waals surface area contributed by atoms with Crippen molar-refractivity contribution in [1.29, 1.82) is 0 Å². The molecule has 0 bridgehead atoms. The van der Waals surface area contributed by atoms with Gasteiger partial charge in [0, 0.05) is 38.4 Å². The quantitative estimate of drug-likeness (QED) is 0.394. The van der Waals surface area contributed by atoms with Crippen molar-refractivity contribution < 1.29 is 8.42 Å². The maximum absolute atomic E-state index is 12.3. The second-order valence-electron chi connectivity index (χ2n) is 7.34. The van der Waals surface area contributed by atoms with Crippen LogP contribution in [0.3, 0.4) is 0 Å². The molecule has 2 N–H and O–H groups in total. The van der Waals surface area contributed by atoms with Gasteiger partial charge in [0.25, 0.3) is 0 Å². The number of hydrogen-bond acceptors (Lipinski definition) is 4. The smallest absolute Gasteiger partial charge is 0.191 e. The maximum Gasteiger partial charge on any atom is 0.191 e. The average Bonchev–Trinajstić information content (AvgIpc) is 3.20. The van der Waals surface area contributed by atoms with E-state index in [2.05, 4.69) is 44.8 Å². The van der Waals surface area contributed by atoms with E-state index >= 15 is 0 Å². The summed E-state index contributed by atoms with van der Waals surface area (Å²) in [6.45, 7) is 2.51. The lowest BCUT2D eigenvalue weighted by Gasteiger charge is -2.20. The molecule has 1 unspecified atom stereocenters. The monoisotopic (exact) mass is 414 g/mol. The third-order valence-electron chi connectivity index (χ3n) is 5.03. The van der Waals surface area contributed by atoms with Gasteiger partial charge >= 0.3 is 0 Å². The lowest BCUT2D eigenvalue weighted by atomic mass is 10.2. The highest BCUT2D eigenvalue weighted by Crippen LogP contribution is 2.19. The Bertz CT molecular complexity index is 886. The van der Waals surface area contributed by atoms with Gasteiger partial charge in [-0.3, -0.25) is 4.99 Å². The van der Waals surface area contributed by atoms with Crippen LogP contribution < -0.4 is 15.5 Å². The fourth-order valence-corrected chi connectivity index (χ4v) is 4.97. The number of guanidine groups is 1. The molecular formula is C22H30N4O2S. The number of anilines is 1. The molecule has 0 spiro atoms. The molecule has 2 aromatic carbocycles.